The van der Waals surface area contributed by atoms with Gasteiger partial charge in [0.15, 0.2) is 0 Å². The van der Waals surface area contributed by atoms with Crippen LogP contribution >= 0.6 is 11.8 Å². The molecule has 0 aromatic carbocycles. The molecule has 9 nitrogen and oxygen atoms in total. The number of carbonyl (C=O) groups is 3. The molecule has 4 aliphatic rings. The number of amides is 2. The molecule has 4 rings (SSSR count). The van der Waals surface area contributed by atoms with Crippen molar-refractivity contribution in [2.24, 2.45) is 17.8 Å². The number of rotatable bonds is 11. The van der Waals surface area contributed by atoms with Gasteiger partial charge in [-0.3, -0.25) is 19.3 Å². The fraction of sp³-hybridized carbons (Fsp3) is 0.720. The summed E-state index contributed by atoms with van der Waals surface area (Å²) in [5.74, 6) is -1.93. The summed E-state index contributed by atoms with van der Waals surface area (Å²) < 4.78 is 10.1. The van der Waals surface area contributed by atoms with Gasteiger partial charge in [-0.1, -0.05) is 25.7 Å². The number of esters is 1. The van der Waals surface area contributed by atoms with Crippen LogP contribution in [0.1, 0.15) is 13.3 Å². The van der Waals surface area contributed by atoms with Gasteiger partial charge in [-0.15, -0.1) is 18.3 Å². The Morgan fingerprint density at radius 2 is 2.03 bits per heavy atom. The average Bonchev–Trinajstić information content (AvgIpc) is 3.44. The molecule has 4 heterocycles. The number of likely N-dealkylation sites (tertiary alicyclic amines) is 1. The maximum atomic E-state index is 14.2. The SMILES string of the molecule is C=CCOC(=O)[C@@H]1[C@@H]2CC(C)C3(S2)C(C(=O)N(CC=C)CCN2CCOCC2)N(CCO)C(=O)[C@H]13. The molecule has 6 atom stereocenters. The summed E-state index contributed by atoms with van der Waals surface area (Å²) in [4.78, 5) is 46.5. The Morgan fingerprint density at radius 3 is 2.69 bits per heavy atom. The van der Waals surface area contributed by atoms with Gasteiger partial charge in [0.1, 0.15) is 12.6 Å². The highest BCUT2D eigenvalue weighted by Gasteiger charge is 2.76. The Hall–Kier alpha value is -1.88. The third-order valence-electron chi connectivity index (χ3n) is 7.89. The summed E-state index contributed by atoms with van der Waals surface area (Å²) in [5.41, 5.74) is 0. The number of morpholine rings is 1. The second-order valence-electron chi connectivity index (χ2n) is 9.75. The first-order valence-electron chi connectivity index (χ1n) is 12.5. The smallest absolute Gasteiger partial charge is 0.311 e. The van der Waals surface area contributed by atoms with Gasteiger partial charge < -0.3 is 24.4 Å². The zero-order chi connectivity index (χ0) is 25.2. The number of fused-ring (bicyclic) bond motifs is 1. The maximum absolute atomic E-state index is 14.2. The molecule has 2 amide bonds. The van der Waals surface area contributed by atoms with Gasteiger partial charge in [0.05, 0.1) is 36.4 Å². The predicted molar refractivity (Wildman–Crippen MR) is 133 cm³/mol. The van der Waals surface area contributed by atoms with Crippen LogP contribution in [0.5, 0.6) is 0 Å². The number of β-amino-alcohol motifs (C(OH)–C–C–N with tert-alkyl or cyclic N) is 1. The van der Waals surface area contributed by atoms with Crippen molar-refractivity contribution >= 4 is 29.5 Å². The van der Waals surface area contributed by atoms with E-state index in [4.69, 9.17) is 9.47 Å². The van der Waals surface area contributed by atoms with E-state index in [1.807, 2.05) is 0 Å². The van der Waals surface area contributed by atoms with E-state index in [1.54, 1.807) is 22.7 Å². The van der Waals surface area contributed by atoms with E-state index in [9.17, 15) is 19.5 Å². The normalized spacial score (nSPS) is 34.1. The lowest BCUT2D eigenvalue weighted by molar-refractivity contribution is -0.153. The fourth-order valence-corrected chi connectivity index (χ4v) is 8.76. The zero-order valence-electron chi connectivity index (χ0n) is 20.5. The van der Waals surface area contributed by atoms with Crippen LogP contribution in [-0.4, -0.2) is 119 Å². The summed E-state index contributed by atoms with van der Waals surface area (Å²) in [6.07, 6.45) is 3.96. The number of hydrogen-bond acceptors (Lipinski definition) is 8. The molecule has 0 aromatic heterocycles. The minimum Gasteiger partial charge on any atom is -0.461 e. The molecule has 0 radical (unpaired) electrons. The molecule has 0 aliphatic carbocycles. The molecule has 0 aromatic rings. The van der Waals surface area contributed by atoms with E-state index in [0.29, 0.717) is 32.8 Å². The highest BCUT2D eigenvalue weighted by Crippen LogP contribution is 2.68. The Balaban J connectivity index is 1.63. The quantitative estimate of drug-likeness (QED) is 0.317. The van der Waals surface area contributed by atoms with E-state index in [1.165, 1.54) is 11.0 Å². The Bertz CT molecular complexity index is 849. The van der Waals surface area contributed by atoms with Crippen LogP contribution < -0.4 is 0 Å². The van der Waals surface area contributed by atoms with Crippen LogP contribution in [0.25, 0.3) is 0 Å². The van der Waals surface area contributed by atoms with Gasteiger partial charge in [0.2, 0.25) is 11.8 Å². The Morgan fingerprint density at radius 1 is 1.29 bits per heavy atom. The molecule has 2 bridgehead atoms. The molecule has 4 saturated heterocycles. The van der Waals surface area contributed by atoms with Crippen LogP contribution in [0.2, 0.25) is 0 Å². The fourth-order valence-electron chi connectivity index (χ4n) is 6.36. The topological polar surface area (TPSA) is 99.6 Å². The lowest BCUT2D eigenvalue weighted by Crippen LogP contribution is -2.58. The summed E-state index contributed by atoms with van der Waals surface area (Å²) in [6, 6.07) is -0.737. The first-order chi connectivity index (χ1) is 16.9. The number of nitrogens with zero attached hydrogens (tertiary/aromatic N) is 3. The van der Waals surface area contributed by atoms with E-state index >= 15 is 0 Å². The van der Waals surface area contributed by atoms with Crippen LogP contribution in [0, 0.1) is 17.8 Å². The van der Waals surface area contributed by atoms with Crippen molar-refractivity contribution < 1.29 is 29.0 Å². The first-order valence-corrected chi connectivity index (χ1v) is 13.3. The molecular weight excluding hydrogens is 470 g/mol. The Labute approximate surface area is 211 Å². The second-order valence-corrected chi connectivity index (χ2v) is 11.3. The van der Waals surface area contributed by atoms with Gasteiger partial charge in [0.25, 0.3) is 0 Å². The molecular formula is C25H37N3O6S. The number of thioether (sulfide) groups is 1. The monoisotopic (exact) mass is 507 g/mol. The van der Waals surface area contributed by atoms with Crippen LogP contribution in [0.3, 0.4) is 0 Å². The standard InChI is InChI=1S/C25H37N3O6S/c1-4-6-27(8-7-26-10-14-33-15-11-26)23(31)21-25-17(3)16-18(35-25)19(24(32)34-13-5-2)20(25)22(30)28(21)9-12-29/h4-5,17-21,29H,1-2,6-16H2,3H3/t17?,18-,19+,20-,21?,25?/m0/s1. The summed E-state index contributed by atoms with van der Waals surface area (Å²) in [6.45, 7) is 14.0. The maximum Gasteiger partial charge on any atom is 0.311 e. The second kappa shape index (κ2) is 11.0. The summed E-state index contributed by atoms with van der Waals surface area (Å²) >= 11 is 1.61. The van der Waals surface area contributed by atoms with Crippen LogP contribution in [-0.2, 0) is 23.9 Å². The zero-order valence-corrected chi connectivity index (χ0v) is 21.3. The van der Waals surface area contributed by atoms with Gasteiger partial charge in [-0.2, -0.15) is 0 Å². The molecule has 10 heteroatoms. The molecule has 0 saturated carbocycles. The van der Waals surface area contributed by atoms with Crippen molar-refractivity contribution in [3.05, 3.63) is 25.3 Å². The van der Waals surface area contributed by atoms with Crippen LogP contribution in [0.15, 0.2) is 25.3 Å². The van der Waals surface area contributed by atoms with Gasteiger partial charge in [-0.05, 0) is 12.3 Å². The highest BCUT2D eigenvalue weighted by molar-refractivity contribution is 8.02. The lowest BCUT2D eigenvalue weighted by Gasteiger charge is -2.40. The first kappa shape index (κ1) is 26.2. The van der Waals surface area contributed by atoms with Gasteiger partial charge in [0, 0.05) is 44.5 Å². The molecule has 4 aliphatic heterocycles. The minimum atomic E-state index is -0.737. The van der Waals surface area contributed by atoms with E-state index in [0.717, 1.165) is 19.5 Å². The van der Waals surface area contributed by atoms with Crippen molar-refractivity contribution in [3.8, 4) is 0 Å². The minimum absolute atomic E-state index is 0.0608. The van der Waals surface area contributed by atoms with Gasteiger partial charge in [-0.25, -0.2) is 0 Å². The van der Waals surface area contributed by atoms with Crippen molar-refractivity contribution in [3.63, 3.8) is 0 Å². The Kier molecular flexibility index (Phi) is 8.25. The molecule has 1 N–H and O–H groups in total. The number of carbonyl (C=O) groups excluding carboxylic acids is 3. The van der Waals surface area contributed by atoms with Crippen LogP contribution in [0.4, 0.5) is 0 Å². The van der Waals surface area contributed by atoms with E-state index < -0.39 is 28.6 Å². The van der Waals surface area contributed by atoms with E-state index in [-0.39, 0.29) is 42.7 Å². The predicted octanol–water partition coefficient (Wildman–Crippen LogP) is 0.392. The number of aliphatic hydroxyl groups excluding tert-OH is 1. The number of hydrogen-bond donors (Lipinski definition) is 1. The largest absolute Gasteiger partial charge is 0.461 e. The summed E-state index contributed by atoms with van der Waals surface area (Å²) in [7, 11) is 0. The van der Waals surface area contributed by atoms with Crippen molar-refractivity contribution in [1.82, 2.24) is 14.7 Å². The third-order valence-corrected chi connectivity index (χ3v) is 9.96. The lowest BCUT2D eigenvalue weighted by atomic mass is 9.66. The van der Waals surface area contributed by atoms with Gasteiger partial charge >= 0.3 is 5.97 Å². The molecule has 35 heavy (non-hydrogen) atoms. The summed E-state index contributed by atoms with van der Waals surface area (Å²) in [5, 5.41) is 9.72. The van der Waals surface area contributed by atoms with Crippen molar-refractivity contribution in [2.75, 3.05) is 65.7 Å². The van der Waals surface area contributed by atoms with Crippen molar-refractivity contribution in [2.45, 2.75) is 29.4 Å². The molecule has 4 fully saturated rings. The molecule has 3 unspecified atom stereocenters. The van der Waals surface area contributed by atoms with Crippen molar-refractivity contribution in [1.29, 1.82) is 0 Å². The van der Waals surface area contributed by atoms with E-state index in [2.05, 4.69) is 25.0 Å². The highest BCUT2D eigenvalue weighted by atomic mass is 32.2. The number of aliphatic hydroxyl groups is 1. The third kappa shape index (κ3) is 4.54. The molecule has 194 valence electrons. The average molecular weight is 508 g/mol. The number of ether oxygens (including phenoxy) is 2. The molecule has 1 spiro atoms.